The van der Waals surface area contributed by atoms with Crippen molar-refractivity contribution in [1.82, 2.24) is 4.98 Å². The number of rotatable bonds is 4. The topological polar surface area (TPSA) is 59.4 Å². The van der Waals surface area contributed by atoms with E-state index in [1.165, 1.54) is 23.1 Å². The molecule has 3 rings (SSSR count). The lowest BCUT2D eigenvalue weighted by Crippen LogP contribution is -1.94. The summed E-state index contributed by atoms with van der Waals surface area (Å²) in [5.74, 6) is -0.164. The summed E-state index contributed by atoms with van der Waals surface area (Å²) in [4.78, 5) is 16.4. The maximum absolute atomic E-state index is 11.0. The van der Waals surface area contributed by atoms with E-state index in [4.69, 9.17) is 9.84 Å². The van der Waals surface area contributed by atoms with Crippen molar-refractivity contribution in [3.8, 4) is 5.75 Å². The van der Waals surface area contributed by atoms with Crippen LogP contribution < -0.4 is 4.74 Å². The highest BCUT2D eigenvalue weighted by molar-refractivity contribution is 8.01. The van der Waals surface area contributed by atoms with Crippen LogP contribution in [0.2, 0.25) is 0 Å². The van der Waals surface area contributed by atoms with Gasteiger partial charge in [0.2, 0.25) is 0 Å². The third-order valence-corrected chi connectivity index (χ3v) is 4.94. The van der Waals surface area contributed by atoms with E-state index < -0.39 is 5.97 Å². The Kier molecular flexibility index (Phi) is 3.81. The van der Waals surface area contributed by atoms with Crippen LogP contribution in [-0.4, -0.2) is 23.2 Å². The number of benzene rings is 2. The molecule has 105 valence electrons. The van der Waals surface area contributed by atoms with Crippen molar-refractivity contribution in [2.45, 2.75) is 9.24 Å². The van der Waals surface area contributed by atoms with E-state index in [2.05, 4.69) is 11.1 Å². The average Bonchev–Trinajstić information content (AvgIpc) is 2.89. The van der Waals surface area contributed by atoms with Crippen LogP contribution in [0.4, 0.5) is 0 Å². The van der Waals surface area contributed by atoms with Crippen LogP contribution >= 0.6 is 23.1 Å². The molecular weight excluding hydrogens is 306 g/mol. The number of aromatic nitrogens is 1. The molecule has 0 fully saturated rings. The quantitative estimate of drug-likeness (QED) is 0.789. The van der Waals surface area contributed by atoms with Crippen LogP contribution in [0.25, 0.3) is 10.2 Å². The second-order valence-corrected chi connectivity index (χ2v) is 6.47. The highest BCUT2D eigenvalue weighted by Gasteiger charge is 2.11. The Bertz CT molecular complexity index is 814. The minimum absolute atomic E-state index is 0.272. The normalized spacial score (nSPS) is 10.7. The molecule has 1 N–H and O–H groups in total. The Morgan fingerprint density at radius 3 is 3.05 bits per heavy atom. The molecule has 0 atom stereocenters. The van der Waals surface area contributed by atoms with Gasteiger partial charge in [0, 0.05) is 0 Å². The van der Waals surface area contributed by atoms with E-state index in [9.17, 15) is 4.79 Å². The summed E-state index contributed by atoms with van der Waals surface area (Å²) < 4.78 is 7.00. The molecule has 0 aliphatic rings. The Morgan fingerprint density at radius 1 is 1.43 bits per heavy atom. The summed E-state index contributed by atoms with van der Waals surface area (Å²) in [6, 6.07) is 13.4. The SMILES string of the molecule is COc1cc[c]cc1Sc1nc2ccc(C(=O)O)cc2s1. The molecule has 1 heterocycles. The molecule has 0 aliphatic heterocycles. The van der Waals surface area contributed by atoms with E-state index in [1.54, 1.807) is 31.4 Å². The van der Waals surface area contributed by atoms with Gasteiger partial charge in [0.15, 0.2) is 4.34 Å². The van der Waals surface area contributed by atoms with Gasteiger partial charge in [0.25, 0.3) is 0 Å². The maximum Gasteiger partial charge on any atom is 0.335 e. The molecule has 0 aliphatic carbocycles. The molecule has 2 aromatic carbocycles. The van der Waals surface area contributed by atoms with E-state index >= 15 is 0 Å². The van der Waals surface area contributed by atoms with Crippen molar-refractivity contribution in [2.24, 2.45) is 0 Å². The molecular formula is C15H10NO3S2. The molecule has 21 heavy (non-hydrogen) atoms. The van der Waals surface area contributed by atoms with Crippen molar-refractivity contribution >= 4 is 39.3 Å². The number of nitrogens with zero attached hydrogens (tertiary/aromatic N) is 1. The number of carbonyl (C=O) groups is 1. The zero-order chi connectivity index (χ0) is 14.8. The number of methoxy groups -OCH3 is 1. The van der Waals surface area contributed by atoms with Crippen molar-refractivity contribution in [3.63, 3.8) is 0 Å². The van der Waals surface area contributed by atoms with Crippen LogP contribution in [0.1, 0.15) is 10.4 Å². The Hall–Kier alpha value is -2.05. The summed E-state index contributed by atoms with van der Waals surface area (Å²) >= 11 is 2.94. The summed E-state index contributed by atoms with van der Waals surface area (Å²) in [5, 5.41) is 9.01. The number of hydrogen-bond acceptors (Lipinski definition) is 5. The van der Waals surface area contributed by atoms with Crippen LogP contribution in [-0.2, 0) is 0 Å². The summed E-state index contributed by atoms with van der Waals surface area (Å²) in [6.07, 6.45) is 0. The molecule has 1 aromatic heterocycles. The zero-order valence-electron chi connectivity index (χ0n) is 11.0. The fourth-order valence-electron chi connectivity index (χ4n) is 1.82. The number of carboxylic acid groups (broad SMARTS) is 1. The summed E-state index contributed by atoms with van der Waals surface area (Å²) in [6.45, 7) is 0. The first kappa shape index (κ1) is 13.9. The molecule has 0 bridgehead atoms. The second kappa shape index (κ2) is 5.75. The fraction of sp³-hybridized carbons (Fsp3) is 0.0667. The summed E-state index contributed by atoms with van der Waals surface area (Å²) in [7, 11) is 1.62. The molecule has 6 heteroatoms. The van der Waals surface area contributed by atoms with Gasteiger partial charge in [-0.05, 0) is 36.4 Å². The van der Waals surface area contributed by atoms with Gasteiger partial charge in [-0.25, -0.2) is 9.78 Å². The van der Waals surface area contributed by atoms with Crippen molar-refractivity contribution in [3.05, 3.63) is 48.0 Å². The minimum atomic E-state index is -0.932. The number of hydrogen-bond donors (Lipinski definition) is 1. The fourth-order valence-corrected chi connectivity index (χ4v) is 3.98. The average molecular weight is 316 g/mol. The Morgan fingerprint density at radius 2 is 2.29 bits per heavy atom. The predicted octanol–water partition coefficient (Wildman–Crippen LogP) is 3.95. The smallest absolute Gasteiger partial charge is 0.335 e. The molecule has 1 radical (unpaired) electrons. The number of aromatic carboxylic acids is 1. The molecule has 0 saturated carbocycles. The number of thiazole rings is 1. The highest BCUT2D eigenvalue weighted by atomic mass is 32.2. The third kappa shape index (κ3) is 2.86. The first-order valence-corrected chi connectivity index (χ1v) is 7.66. The second-order valence-electron chi connectivity index (χ2n) is 4.15. The van der Waals surface area contributed by atoms with Crippen molar-refractivity contribution < 1.29 is 14.6 Å². The number of fused-ring (bicyclic) bond motifs is 1. The predicted molar refractivity (Wildman–Crippen MR) is 82.5 cm³/mol. The molecule has 0 amide bonds. The largest absolute Gasteiger partial charge is 0.496 e. The van der Waals surface area contributed by atoms with Gasteiger partial charge in [0.1, 0.15) is 5.75 Å². The Balaban J connectivity index is 1.96. The van der Waals surface area contributed by atoms with Crippen LogP contribution in [0.3, 0.4) is 0 Å². The van der Waals surface area contributed by atoms with Crippen molar-refractivity contribution in [2.75, 3.05) is 7.11 Å². The van der Waals surface area contributed by atoms with Gasteiger partial charge >= 0.3 is 5.97 Å². The van der Waals surface area contributed by atoms with Crippen LogP contribution in [0.15, 0.2) is 45.6 Å². The van der Waals surface area contributed by atoms with Gasteiger partial charge in [-0.3, -0.25) is 0 Å². The van der Waals surface area contributed by atoms with Crippen molar-refractivity contribution in [1.29, 1.82) is 0 Å². The van der Waals surface area contributed by atoms with E-state index in [0.29, 0.717) is 0 Å². The van der Waals surface area contributed by atoms with E-state index in [0.717, 1.165) is 25.2 Å². The lowest BCUT2D eigenvalue weighted by molar-refractivity contribution is 0.0697. The number of carboxylic acids is 1. The zero-order valence-corrected chi connectivity index (χ0v) is 12.6. The van der Waals surface area contributed by atoms with Gasteiger partial charge in [0.05, 0.1) is 27.8 Å². The molecule has 0 saturated heterocycles. The first-order valence-electron chi connectivity index (χ1n) is 6.03. The molecule has 0 spiro atoms. The Labute approximate surface area is 129 Å². The standard InChI is InChI=1S/C15H10NO3S2/c1-19-11-4-2-3-5-12(11)20-15-16-10-7-6-9(14(17)18)8-13(10)21-15/h2,4-8H,1H3,(H,17,18). The minimum Gasteiger partial charge on any atom is -0.496 e. The third-order valence-electron chi connectivity index (χ3n) is 2.82. The van der Waals surface area contributed by atoms with Gasteiger partial charge in [-0.1, -0.05) is 17.8 Å². The van der Waals surface area contributed by atoms with Crippen LogP contribution in [0, 0.1) is 6.07 Å². The van der Waals surface area contributed by atoms with Crippen LogP contribution in [0.5, 0.6) is 5.75 Å². The monoisotopic (exact) mass is 316 g/mol. The molecule has 3 aromatic rings. The van der Waals surface area contributed by atoms with E-state index in [1.807, 2.05) is 12.1 Å². The summed E-state index contributed by atoms with van der Waals surface area (Å²) in [5.41, 5.74) is 1.07. The lowest BCUT2D eigenvalue weighted by Gasteiger charge is -2.04. The first-order chi connectivity index (χ1) is 10.2. The lowest BCUT2D eigenvalue weighted by atomic mass is 10.2. The van der Waals surface area contributed by atoms with Gasteiger partial charge in [-0.2, -0.15) is 0 Å². The van der Waals surface area contributed by atoms with Gasteiger partial charge in [-0.15, -0.1) is 11.3 Å². The van der Waals surface area contributed by atoms with E-state index in [-0.39, 0.29) is 5.56 Å². The molecule has 0 unspecified atom stereocenters. The maximum atomic E-state index is 11.0. The van der Waals surface area contributed by atoms with Gasteiger partial charge < -0.3 is 9.84 Å². The number of ether oxygens (including phenoxy) is 1. The molecule has 4 nitrogen and oxygen atoms in total. The highest BCUT2D eigenvalue weighted by Crippen LogP contribution is 2.38.